The van der Waals surface area contributed by atoms with Crippen LogP contribution in [0.1, 0.15) is 24.0 Å². The van der Waals surface area contributed by atoms with Gasteiger partial charge in [-0.3, -0.25) is 10.1 Å². The molecule has 0 aliphatic carbocycles. The van der Waals surface area contributed by atoms with Crippen LogP contribution in [0.2, 0.25) is 0 Å². The third-order valence-electron chi connectivity index (χ3n) is 3.51. The van der Waals surface area contributed by atoms with Crippen molar-refractivity contribution in [3.05, 3.63) is 33.4 Å². The molecule has 0 spiro atoms. The van der Waals surface area contributed by atoms with E-state index in [1.54, 1.807) is 6.07 Å². The molecule has 2 N–H and O–H groups in total. The smallest absolute Gasteiger partial charge is 0.292 e. The predicted octanol–water partition coefficient (Wildman–Crippen LogP) is 2.38. The number of anilines is 1. The molecule has 5 nitrogen and oxygen atoms in total. The molecule has 1 aliphatic heterocycles. The average Bonchev–Trinajstić information content (AvgIpc) is 2.34. The van der Waals surface area contributed by atoms with Crippen molar-refractivity contribution in [2.75, 3.05) is 18.4 Å². The second kappa shape index (κ2) is 5.35. The van der Waals surface area contributed by atoms with Crippen LogP contribution in [0.25, 0.3) is 0 Å². The maximum Gasteiger partial charge on any atom is 0.292 e. The first kappa shape index (κ1) is 12.8. The summed E-state index contributed by atoms with van der Waals surface area (Å²) in [7, 11) is 0. The molecule has 1 fully saturated rings. The molecular weight excluding hydrogens is 230 g/mol. The summed E-state index contributed by atoms with van der Waals surface area (Å²) < 4.78 is 0. The zero-order valence-electron chi connectivity index (χ0n) is 10.8. The summed E-state index contributed by atoms with van der Waals surface area (Å²) in [6, 6.07) is 3.86. The van der Waals surface area contributed by atoms with Gasteiger partial charge in [0.25, 0.3) is 5.69 Å². The molecule has 1 heterocycles. The number of nitrogens with one attached hydrogen (secondary N) is 2. The van der Waals surface area contributed by atoms with Gasteiger partial charge in [-0.15, -0.1) is 0 Å². The molecule has 0 unspecified atom stereocenters. The van der Waals surface area contributed by atoms with Crippen molar-refractivity contribution in [1.29, 1.82) is 0 Å². The summed E-state index contributed by atoms with van der Waals surface area (Å²) in [5.74, 6) is 0. The van der Waals surface area contributed by atoms with Crippen LogP contribution in [0.3, 0.4) is 0 Å². The highest BCUT2D eigenvalue weighted by molar-refractivity contribution is 5.64. The van der Waals surface area contributed by atoms with E-state index in [0.717, 1.165) is 37.1 Å². The van der Waals surface area contributed by atoms with E-state index in [1.165, 1.54) is 0 Å². The maximum atomic E-state index is 11.1. The lowest BCUT2D eigenvalue weighted by Crippen LogP contribution is -2.35. The zero-order valence-corrected chi connectivity index (χ0v) is 10.8. The molecular formula is C13H19N3O2. The number of nitro groups is 1. The number of nitrogens with zero attached hydrogens (tertiary/aromatic N) is 1. The molecule has 0 aromatic heterocycles. The van der Waals surface area contributed by atoms with Gasteiger partial charge >= 0.3 is 0 Å². The van der Waals surface area contributed by atoms with Gasteiger partial charge in [0.05, 0.1) is 4.92 Å². The molecule has 0 bridgehead atoms. The molecule has 2 rings (SSSR count). The molecule has 1 aromatic carbocycles. The molecule has 0 amide bonds. The van der Waals surface area contributed by atoms with Crippen molar-refractivity contribution in [3.8, 4) is 0 Å². The molecule has 1 aliphatic rings. The number of nitro benzene ring substituents is 1. The van der Waals surface area contributed by atoms with Crippen molar-refractivity contribution in [3.63, 3.8) is 0 Å². The minimum Gasteiger partial charge on any atom is -0.377 e. The molecule has 18 heavy (non-hydrogen) atoms. The molecule has 0 saturated carbocycles. The number of hydrogen-bond acceptors (Lipinski definition) is 4. The van der Waals surface area contributed by atoms with Crippen molar-refractivity contribution in [2.45, 2.75) is 32.7 Å². The lowest BCUT2D eigenvalue weighted by molar-refractivity contribution is -0.384. The van der Waals surface area contributed by atoms with E-state index in [0.29, 0.717) is 11.7 Å². The first-order chi connectivity index (χ1) is 8.58. The fraction of sp³-hybridized carbons (Fsp3) is 0.538. The van der Waals surface area contributed by atoms with E-state index in [2.05, 4.69) is 10.6 Å². The maximum absolute atomic E-state index is 11.1. The van der Waals surface area contributed by atoms with Gasteiger partial charge in [-0.05, 0) is 57.0 Å². The Bertz CT molecular complexity index is 454. The second-order valence-corrected chi connectivity index (χ2v) is 4.88. The Morgan fingerprint density at radius 2 is 1.89 bits per heavy atom. The Hall–Kier alpha value is -1.62. The third-order valence-corrected chi connectivity index (χ3v) is 3.51. The molecule has 5 heteroatoms. The number of hydrogen-bond donors (Lipinski definition) is 2. The topological polar surface area (TPSA) is 67.2 Å². The highest BCUT2D eigenvalue weighted by Gasteiger charge is 2.19. The van der Waals surface area contributed by atoms with Gasteiger partial charge < -0.3 is 10.6 Å². The van der Waals surface area contributed by atoms with Gasteiger partial charge in [0.15, 0.2) is 0 Å². The fourth-order valence-electron chi connectivity index (χ4n) is 2.25. The van der Waals surface area contributed by atoms with Gasteiger partial charge in [0, 0.05) is 12.1 Å². The van der Waals surface area contributed by atoms with Gasteiger partial charge in [0.1, 0.15) is 5.69 Å². The van der Waals surface area contributed by atoms with Crippen LogP contribution in [0.15, 0.2) is 12.1 Å². The Morgan fingerprint density at radius 1 is 1.28 bits per heavy atom. The summed E-state index contributed by atoms with van der Waals surface area (Å²) in [6.07, 6.45) is 2.01. The van der Waals surface area contributed by atoms with E-state index in [9.17, 15) is 10.1 Å². The van der Waals surface area contributed by atoms with Crippen LogP contribution >= 0.6 is 0 Å². The standard InChI is InChI=1S/C13H19N3O2/c1-9-7-12(13(16(17)18)8-10(9)2)15-11-3-5-14-6-4-11/h7-8,11,14-15H,3-6H2,1-2H3. The van der Waals surface area contributed by atoms with Crippen molar-refractivity contribution in [2.24, 2.45) is 0 Å². The Morgan fingerprint density at radius 3 is 2.50 bits per heavy atom. The second-order valence-electron chi connectivity index (χ2n) is 4.88. The van der Waals surface area contributed by atoms with Gasteiger partial charge in [-0.25, -0.2) is 0 Å². The van der Waals surface area contributed by atoms with Crippen LogP contribution in [0.4, 0.5) is 11.4 Å². The first-order valence-corrected chi connectivity index (χ1v) is 6.31. The monoisotopic (exact) mass is 249 g/mol. The van der Waals surface area contributed by atoms with Gasteiger partial charge in [-0.1, -0.05) is 0 Å². The van der Waals surface area contributed by atoms with E-state index < -0.39 is 0 Å². The predicted molar refractivity (Wildman–Crippen MR) is 72.1 cm³/mol. The lowest BCUT2D eigenvalue weighted by atomic mass is 10.0. The van der Waals surface area contributed by atoms with Gasteiger partial charge in [-0.2, -0.15) is 0 Å². The minimum absolute atomic E-state index is 0.177. The van der Waals surface area contributed by atoms with Gasteiger partial charge in [0.2, 0.25) is 0 Å². The number of aryl methyl sites for hydroxylation is 2. The first-order valence-electron chi connectivity index (χ1n) is 6.31. The summed E-state index contributed by atoms with van der Waals surface area (Å²) in [4.78, 5) is 10.8. The largest absolute Gasteiger partial charge is 0.377 e. The summed E-state index contributed by atoms with van der Waals surface area (Å²) in [6.45, 7) is 5.82. The quantitative estimate of drug-likeness (QED) is 0.637. The summed E-state index contributed by atoms with van der Waals surface area (Å²) in [5, 5.41) is 17.7. The molecule has 0 radical (unpaired) electrons. The Labute approximate surface area is 107 Å². The van der Waals surface area contributed by atoms with E-state index in [-0.39, 0.29) is 10.6 Å². The average molecular weight is 249 g/mol. The third kappa shape index (κ3) is 2.79. The molecule has 1 saturated heterocycles. The van der Waals surface area contributed by atoms with Crippen LogP contribution in [0.5, 0.6) is 0 Å². The number of piperidine rings is 1. The van der Waals surface area contributed by atoms with Crippen LogP contribution in [-0.4, -0.2) is 24.1 Å². The Kier molecular flexibility index (Phi) is 3.81. The minimum atomic E-state index is -0.310. The van der Waals surface area contributed by atoms with Crippen molar-refractivity contribution >= 4 is 11.4 Å². The van der Waals surface area contributed by atoms with Crippen molar-refractivity contribution < 1.29 is 4.92 Å². The van der Waals surface area contributed by atoms with E-state index >= 15 is 0 Å². The van der Waals surface area contributed by atoms with Crippen LogP contribution in [-0.2, 0) is 0 Å². The molecule has 0 atom stereocenters. The van der Waals surface area contributed by atoms with Crippen LogP contribution in [0, 0.1) is 24.0 Å². The van der Waals surface area contributed by atoms with E-state index in [1.807, 2.05) is 19.9 Å². The fourth-order valence-corrected chi connectivity index (χ4v) is 2.25. The van der Waals surface area contributed by atoms with Crippen molar-refractivity contribution in [1.82, 2.24) is 5.32 Å². The summed E-state index contributed by atoms with van der Waals surface area (Å²) in [5.41, 5.74) is 2.86. The highest BCUT2D eigenvalue weighted by atomic mass is 16.6. The molecule has 1 aromatic rings. The zero-order chi connectivity index (χ0) is 13.1. The van der Waals surface area contributed by atoms with E-state index in [4.69, 9.17) is 0 Å². The molecule has 98 valence electrons. The number of benzene rings is 1. The van der Waals surface area contributed by atoms with Crippen LogP contribution < -0.4 is 10.6 Å². The number of rotatable bonds is 3. The highest BCUT2D eigenvalue weighted by Crippen LogP contribution is 2.29. The normalized spacial score (nSPS) is 16.6. The SMILES string of the molecule is Cc1cc(NC2CCNCC2)c([N+](=O)[O-])cc1C. The Balaban J connectivity index is 2.24. The lowest BCUT2D eigenvalue weighted by Gasteiger charge is -2.24. The summed E-state index contributed by atoms with van der Waals surface area (Å²) >= 11 is 0.